The zero-order chi connectivity index (χ0) is 12.2. The zero-order valence-corrected chi connectivity index (χ0v) is 11.2. The van der Waals surface area contributed by atoms with Gasteiger partial charge in [0.15, 0.2) is 0 Å². The second kappa shape index (κ2) is 5.55. The van der Waals surface area contributed by atoms with E-state index in [9.17, 15) is 0 Å². The largest absolute Gasteiger partial charge is 0.492 e. The highest BCUT2D eigenvalue weighted by molar-refractivity contribution is 6.30. The minimum Gasteiger partial charge on any atom is -0.492 e. The number of halogens is 1. The molecular weight excluding hydrogens is 222 g/mol. The Morgan fingerprint density at radius 3 is 2.62 bits per heavy atom. The average Bonchev–Trinajstić information content (AvgIpc) is 2.16. The maximum Gasteiger partial charge on any atom is 0.123 e. The van der Waals surface area contributed by atoms with E-state index < -0.39 is 0 Å². The van der Waals surface area contributed by atoms with E-state index in [1.54, 1.807) is 0 Å². The van der Waals surface area contributed by atoms with Gasteiger partial charge < -0.3 is 10.1 Å². The summed E-state index contributed by atoms with van der Waals surface area (Å²) in [7, 11) is 0. The van der Waals surface area contributed by atoms with Crippen molar-refractivity contribution in [3.63, 3.8) is 0 Å². The number of aryl methyl sites for hydroxylation is 1. The molecule has 2 nitrogen and oxygen atoms in total. The summed E-state index contributed by atoms with van der Waals surface area (Å²) in [4.78, 5) is 0. The monoisotopic (exact) mass is 241 g/mol. The van der Waals surface area contributed by atoms with Crippen LogP contribution in [0.2, 0.25) is 5.02 Å². The lowest BCUT2D eigenvalue weighted by Crippen LogP contribution is -2.38. The molecule has 0 saturated heterocycles. The van der Waals surface area contributed by atoms with Crippen molar-refractivity contribution in [2.24, 2.45) is 0 Å². The van der Waals surface area contributed by atoms with Crippen molar-refractivity contribution in [3.05, 3.63) is 28.8 Å². The fourth-order valence-electron chi connectivity index (χ4n) is 1.32. The summed E-state index contributed by atoms with van der Waals surface area (Å²) in [6.45, 7) is 9.91. The van der Waals surface area contributed by atoms with Gasteiger partial charge in [0.25, 0.3) is 0 Å². The van der Waals surface area contributed by atoms with Crippen molar-refractivity contribution in [1.82, 2.24) is 5.32 Å². The van der Waals surface area contributed by atoms with E-state index in [4.69, 9.17) is 16.3 Å². The number of nitrogens with one attached hydrogen (secondary N) is 1. The summed E-state index contributed by atoms with van der Waals surface area (Å²) in [5, 5.41) is 4.08. The van der Waals surface area contributed by atoms with Crippen LogP contribution in [-0.2, 0) is 0 Å². The predicted molar refractivity (Wildman–Crippen MR) is 69.4 cm³/mol. The van der Waals surface area contributed by atoms with E-state index in [1.165, 1.54) is 0 Å². The highest BCUT2D eigenvalue weighted by Crippen LogP contribution is 2.22. The van der Waals surface area contributed by atoms with Crippen LogP contribution in [0.5, 0.6) is 5.75 Å². The Balaban J connectivity index is 2.40. The Labute approximate surface area is 103 Å². The standard InChI is InChI=1S/C13H20ClNO/c1-10-5-6-11(14)9-12(10)16-8-7-15-13(2,3)4/h5-6,9,15H,7-8H2,1-4H3. The molecule has 1 aromatic rings. The van der Waals surface area contributed by atoms with Crippen molar-refractivity contribution in [3.8, 4) is 5.75 Å². The summed E-state index contributed by atoms with van der Waals surface area (Å²) in [6, 6.07) is 5.69. The fourth-order valence-corrected chi connectivity index (χ4v) is 1.48. The highest BCUT2D eigenvalue weighted by Gasteiger charge is 2.07. The van der Waals surface area contributed by atoms with Crippen LogP contribution in [-0.4, -0.2) is 18.7 Å². The summed E-state index contributed by atoms with van der Waals surface area (Å²) >= 11 is 5.91. The lowest BCUT2D eigenvalue weighted by Gasteiger charge is -2.20. The summed E-state index contributed by atoms with van der Waals surface area (Å²) in [5.41, 5.74) is 1.24. The first-order valence-corrected chi connectivity index (χ1v) is 5.90. The highest BCUT2D eigenvalue weighted by atomic mass is 35.5. The van der Waals surface area contributed by atoms with Gasteiger partial charge in [-0.3, -0.25) is 0 Å². The molecular formula is C13H20ClNO. The van der Waals surface area contributed by atoms with Crippen LogP contribution in [0.3, 0.4) is 0 Å². The van der Waals surface area contributed by atoms with Gasteiger partial charge in [0, 0.05) is 17.1 Å². The molecule has 0 aromatic heterocycles. The Morgan fingerprint density at radius 1 is 1.31 bits per heavy atom. The maximum atomic E-state index is 5.91. The molecule has 0 spiro atoms. The van der Waals surface area contributed by atoms with Crippen LogP contribution < -0.4 is 10.1 Å². The smallest absolute Gasteiger partial charge is 0.123 e. The molecule has 1 rings (SSSR count). The second-order valence-corrected chi connectivity index (χ2v) is 5.37. The molecule has 1 aromatic carbocycles. The van der Waals surface area contributed by atoms with Crippen LogP contribution in [0.1, 0.15) is 26.3 Å². The third-order valence-electron chi connectivity index (χ3n) is 2.17. The van der Waals surface area contributed by atoms with Gasteiger partial charge in [-0.25, -0.2) is 0 Å². The van der Waals surface area contributed by atoms with Gasteiger partial charge in [-0.15, -0.1) is 0 Å². The normalized spacial score (nSPS) is 11.6. The molecule has 3 heteroatoms. The Bertz CT molecular complexity index is 344. The van der Waals surface area contributed by atoms with Gasteiger partial charge in [-0.05, 0) is 45.4 Å². The lowest BCUT2D eigenvalue weighted by atomic mass is 10.1. The van der Waals surface area contributed by atoms with Gasteiger partial charge in [0.1, 0.15) is 12.4 Å². The van der Waals surface area contributed by atoms with Gasteiger partial charge in [0.2, 0.25) is 0 Å². The Hall–Kier alpha value is -0.730. The SMILES string of the molecule is Cc1ccc(Cl)cc1OCCNC(C)(C)C. The van der Waals surface area contributed by atoms with E-state index in [1.807, 2.05) is 25.1 Å². The van der Waals surface area contributed by atoms with Gasteiger partial charge >= 0.3 is 0 Å². The number of rotatable bonds is 4. The first kappa shape index (κ1) is 13.3. The molecule has 1 N–H and O–H groups in total. The van der Waals surface area contributed by atoms with E-state index in [-0.39, 0.29) is 5.54 Å². The molecule has 0 fully saturated rings. The second-order valence-electron chi connectivity index (χ2n) is 4.94. The van der Waals surface area contributed by atoms with Crippen LogP contribution >= 0.6 is 11.6 Å². The molecule has 0 heterocycles. The van der Waals surface area contributed by atoms with E-state index in [0.29, 0.717) is 11.6 Å². The van der Waals surface area contributed by atoms with Crippen molar-refractivity contribution in [2.45, 2.75) is 33.2 Å². The van der Waals surface area contributed by atoms with E-state index in [2.05, 4.69) is 26.1 Å². The van der Waals surface area contributed by atoms with Crippen molar-refractivity contribution < 1.29 is 4.74 Å². The molecule has 0 radical (unpaired) electrons. The molecule has 0 bridgehead atoms. The first-order valence-electron chi connectivity index (χ1n) is 5.52. The third kappa shape index (κ3) is 4.86. The summed E-state index contributed by atoms with van der Waals surface area (Å²) < 4.78 is 5.67. The zero-order valence-electron chi connectivity index (χ0n) is 10.4. The number of hydrogen-bond donors (Lipinski definition) is 1. The Kier molecular flexibility index (Phi) is 4.63. The van der Waals surface area contributed by atoms with E-state index >= 15 is 0 Å². The van der Waals surface area contributed by atoms with E-state index in [0.717, 1.165) is 17.9 Å². The maximum absolute atomic E-state index is 5.91. The molecule has 0 aliphatic rings. The molecule has 0 aliphatic carbocycles. The minimum atomic E-state index is 0.132. The van der Waals surface area contributed by atoms with Gasteiger partial charge in [0.05, 0.1) is 0 Å². The topological polar surface area (TPSA) is 21.3 Å². The van der Waals surface area contributed by atoms with Gasteiger partial charge in [-0.2, -0.15) is 0 Å². The molecule has 16 heavy (non-hydrogen) atoms. The Morgan fingerprint density at radius 2 is 2.00 bits per heavy atom. The van der Waals surface area contributed by atoms with Gasteiger partial charge in [-0.1, -0.05) is 17.7 Å². The number of ether oxygens (including phenoxy) is 1. The molecule has 0 amide bonds. The van der Waals surface area contributed by atoms with Crippen LogP contribution in [0.25, 0.3) is 0 Å². The lowest BCUT2D eigenvalue weighted by molar-refractivity contribution is 0.289. The predicted octanol–water partition coefficient (Wildman–Crippen LogP) is 3.42. The molecule has 0 unspecified atom stereocenters. The van der Waals surface area contributed by atoms with Crippen molar-refractivity contribution >= 4 is 11.6 Å². The molecule has 0 saturated carbocycles. The minimum absolute atomic E-state index is 0.132. The summed E-state index contributed by atoms with van der Waals surface area (Å²) in [6.07, 6.45) is 0. The van der Waals surface area contributed by atoms with Crippen molar-refractivity contribution in [1.29, 1.82) is 0 Å². The molecule has 0 aliphatic heterocycles. The van der Waals surface area contributed by atoms with Crippen LogP contribution in [0.4, 0.5) is 0 Å². The van der Waals surface area contributed by atoms with Crippen molar-refractivity contribution in [2.75, 3.05) is 13.2 Å². The molecule has 90 valence electrons. The summed E-state index contributed by atoms with van der Waals surface area (Å²) in [5.74, 6) is 0.864. The average molecular weight is 242 g/mol. The van der Waals surface area contributed by atoms with Crippen LogP contribution in [0.15, 0.2) is 18.2 Å². The number of benzene rings is 1. The number of hydrogen-bond acceptors (Lipinski definition) is 2. The fraction of sp³-hybridized carbons (Fsp3) is 0.538. The third-order valence-corrected chi connectivity index (χ3v) is 2.40. The first-order chi connectivity index (χ1) is 7.38. The quantitative estimate of drug-likeness (QED) is 0.816. The van der Waals surface area contributed by atoms with Crippen LogP contribution in [0, 0.1) is 6.92 Å². The molecule has 0 atom stereocenters.